The van der Waals surface area contributed by atoms with E-state index in [0.29, 0.717) is 13.3 Å². The Bertz CT molecular complexity index is 509. The van der Waals surface area contributed by atoms with Gasteiger partial charge in [0, 0.05) is 5.69 Å². The molecular formula is C15H22N2O2. The van der Waals surface area contributed by atoms with Crippen LogP contribution in [0.5, 0.6) is 0 Å². The van der Waals surface area contributed by atoms with Crippen LogP contribution in [0.2, 0.25) is 0 Å². The molecule has 1 heterocycles. The molecule has 1 aromatic rings. The number of hydrogen-bond donors (Lipinski definition) is 1. The van der Waals surface area contributed by atoms with Gasteiger partial charge < -0.3 is 10.1 Å². The SMILES string of the molecule is Cc1cc(C)c(NC(=O)N2COCC2(C)C)cc1C. The second-order valence-electron chi connectivity index (χ2n) is 5.90. The Morgan fingerprint density at radius 1 is 1.21 bits per heavy atom. The molecule has 2 rings (SSSR count). The largest absolute Gasteiger partial charge is 0.359 e. The van der Waals surface area contributed by atoms with Crippen molar-refractivity contribution in [2.24, 2.45) is 0 Å². The van der Waals surface area contributed by atoms with Crippen LogP contribution in [0.4, 0.5) is 10.5 Å². The lowest BCUT2D eigenvalue weighted by Crippen LogP contribution is -2.46. The highest BCUT2D eigenvalue weighted by Crippen LogP contribution is 2.25. The predicted octanol–water partition coefficient (Wildman–Crippen LogP) is 3.21. The Balaban J connectivity index is 2.18. The molecule has 0 aromatic heterocycles. The first kappa shape index (κ1) is 13.9. The number of anilines is 1. The van der Waals surface area contributed by atoms with E-state index in [0.717, 1.165) is 11.3 Å². The van der Waals surface area contributed by atoms with Crippen molar-refractivity contribution >= 4 is 11.7 Å². The number of benzene rings is 1. The lowest BCUT2D eigenvalue weighted by atomic mass is 10.0. The van der Waals surface area contributed by atoms with Gasteiger partial charge in [0.1, 0.15) is 6.73 Å². The molecule has 1 aliphatic rings. The van der Waals surface area contributed by atoms with Gasteiger partial charge in [-0.1, -0.05) is 6.07 Å². The van der Waals surface area contributed by atoms with Crippen LogP contribution in [0.3, 0.4) is 0 Å². The summed E-state index contributed by atoms with van der Waals surface area (Å²) in [5.41, 5.74) is 4.11. The number of amides is 2. The fourth-order valence-corrected chi connectivity index (χ4v) is 2.25. The molecule has 4 heteroatoms. The van der Waals surface area contributed by atoms with Crippen molar-refractivity contribution in [3.8, 4) is 0 Å². The lowest BCUT2D eigenvalue weighted by molar-refractivity contribution is 0.147. The van der Waals surface area contributed by atoms with Crippen LogP contribution >= 0.6 is 0 Å². The van der Waals surface area contributed by atoms with Crippen molar-refractivity contribution in [2.45, 2.75) is 40.2 Å². The summed E-state index contributed by atoms with van der Waals surface area (Å²) in [5.74, 6) is 0. The summed E-state index contributed by atoms with van der Waals surface area (Å²) in [5, 5.41) is 2.98. The van der Waals surface area contributed by atoms with Gasteiger partial charge >= 0.3 is 6.03 Å². The van der Waals surface area contributed by atoms with E-state index in [9.17, 15) is 4.79 Å². The average Bonchev–Trinajstić information content (AvgIpc) is 2.65. The number of nitrogens with one attached hydrogen (secondary N) is 1. The molecule has 2 amide bonds. The first-order valence-electron chi connectivity index (χ1n) is 6.55. The third-order valence-corrected chi connectivity index (χ3v) is 3.73. The van der Waals surface area contributed by atoms with E-state index >= 15 is 0 Å². The Kier molecular flexibility index (Phi) is 3.54. The molecule has 0 bridgehead atoms. The van der Waals surface area contributed by atoms with Gasteiger partial charge in [0.05, 0.1) is 12.1 Å². The van der Waals surface area contributed by atoms with Crippen molar-refractivity contribution in [1.82, 2.24) is 4.90 Å². The number of ether oxygens (including phenoxy) is 1. The fourth-order valence-electron chi connectivity index (χ4n) is 2.25. The third-order valence-electron chi connectivity index (χ3n) is 3.73. The molecule has 0 spiro atoms. The summed E-state index contributed by atoms with van der Waals surface area (Å²) in [6.07, 6.45) is 0. The van der Waals surface area contributed by atoms with Gasteiger partial charge in [-0.25, -0.2) is 4.79 Å². The van der Waals surface area contributed by atoms with E-state index in [1.807, 2.05) is 33.8 Å². The number of carbonyl (C=O) groups excluding carboxylic acids is 1. The molecule has 104 valence electrons. The smallest absolute Gasteiger partial charge is 0.324 e. The molecule has 0 saturated carbocycles. The number of urea groups is 1. The molecule has 0 aliphatic carbocycles. The normalized spacial score (nSPS) is 17.6. The van der Waals surface area contributed by atoms with Crippen molar-refractivity contribution in [1.29, 1.82) is 0 Å². The summed E-state index contributed by atoms with van der Waals surface area (Å²) in [7, 11) is 0. The molecule has 0 radical (unpaired) electrons. The number of nitrogens with zero attached hydrogens (tertiary/aromatic N) is 1. The standard InChI is InChI=1S/C15H22N2O2/c1-10-6-12(3)13(7-11(10)2)16-14(18)17-9-19-8-15(17,4)5/h6-7H,8-9H2,1-5H3,(H,16,18). The number of rotatable bonds is 1. The first-order chi connectivity index (χ1) is 8.81. The van der Waals surface area contributed by atoms with Crippen LogP contribution in [-0.4, -0.2) is 29.8 Å². The minimum atomic E-state index is -0.252. The Hall–Kier alpha value is -1.55. The van der Waals surface area contributed by atoms with E-state index < -0.39 is 0 Å². The second kappa shape index (κ2) is 4.85. The number of carbonyl (C=O) groups is 1. The summed E-state index contributed by atoms with van der Waals surface area (Å²) in [6, 6.07) is 4.01. The van der Waals surface area contributed by atoms with E-state index in [4.69, 9.17) is 4.74 Å². The van der Waals surface area contributed by atoms with Crippen LogP contribution in [0.1, 0.15) is 30.5 Å². The van der Waals surface area contributed by atoms with Crippen molar-refractivity contribution in [2.75, 3.05) is 18.7 Å². The van der Waals surface area contributed by atoms with Gasteiger partial charge in [0.25, 0.3) is 0 Å². The molecule has 19 heavy (non-hydrogen) atoms. The molecule has 0 atom stereocenters. The van der Waals surface area contributed by atoms with E-state index in [1.54, 1.807) is 4.90 Å². The summed E-state index contributed by atoms with van der Waals surface area (Å²) >= 11 is 0. The molecule has 1 fully saturated rings. The van der Waals surface area contributed by atoms with Gasteiger partial charge in [0.15, 0.2) is 0 Å². The topological polar surface area (TPSA) is 41.6 Å². The highest BCUT2D eigenvalue weighted by Gasteiger charge is 2.36. The van der Waals surface area contributed by atoms with Gasteiger partial charge in [-0.15, -0.1) is 0 Å². The van der Waals surface area contributed by atoms with Crippen LogP contribution in [0.25, 0.3) is 0 Å². The molecule has 1 saturated heterocycles. The van der Waals surface area contributed by atoms with E-state index in [-0.39, 0.29) is 11.6 Å². The van der Waals surface area contributed by atoms with Crippen LogP contribution < -0.4 is 5.32 Å². The third kappa shape index (κ3) is 2.73. The summed E-state index contributed by atoms with van der Waals surface area (Å²) in [6.45, 7) is 11.1. The zero-order chi connectivity index (χ0) is 14.2. The Morgan fingerprint density at radius 3 is 2.42 bits per heavy atom. The van der Waals surface area contributed by atoms with E-state index in [1.165, 1.54) is 11.1 Å². The molecule has 0 unspecified atom stereocenters. The minimum Gasteiger partial charge on any atom is -0.359 e. The summed E-state index contributed by atoms with van der Waals surface area (Å²) in [4.78, 5) is 14.0. The van der Waals surface area contributed by atoms with Gasteiger partial charge in [-0.3, -0.25) is 4.90 Å². The van der Waals surface area contributed by atoms with Crippen LogP contribution in [0, 0.1) is 20.8 Å². The average molecular weight is 262 g/mol. The zero-order valence-corrected chi connectivity index (χ0v) is 12.3. The zero-order valence-electron chi connectivity index (χ0n) is 12.3. The highest BCUT2D eigenvalue weighted by molar-refractivity contribution is 5.91. The van der Waals surface area contributed by atoms with Gasteiger partial charge in [-0.05, 0) is 57.4 Å². The monoisotopic (exact) mass is 262 g/mol. The fraction of sp³-hybridized carbons (Fsp3) is 0.533. The Labute approximate surface area is 114 Å². The predicted molar refractivity (Wildman–Crippen MR) is 76.4 cm³/mol. The number of hydrogen-bond acceptors (Lipinski definition) is 2. The minimum absolute atomic E-state index is 0.103. The summed E-state index contributed by atoms with van der Waals surface area (Å²) < 4.78 is 5.37. The molecule has 1 aliphatic heterocycles. The maximum Gasteiger partial charge on any atom is 0.324 e. The molecular weight excluding hydrogens is 240 g/mol. The molecule has 4 nitrogen and oxygen atoms in total. The maximum absolute atomic E-state index is 12.3. The van der Waals surface area contributed by atoms with Crippen molar-refractivity contribution in [3.05, 3.63) is 28.8 Å². The van der Waals surface area contributed by atoms with Crippen molar-refractivity contribution in [3.63, 3.8) is 0 Å². The maximum atomic E-state index is 12.3. The quantitative estimate of drug-likeness (QED) is 0.844. The van der Waals surface area contributed by atoms with Gasteiger partial charge in [-0.2, -0.15) is 0 Å². The molecule has 1 aromatic carbocycles. The van der Waals surface area contributed by atoms with Crippen molar-refractivity contribution < 1.29 is 9.53 Å². The van der Waals surface area contributed by atoms with Gasteiger partial charge in [0.2, 0.25) is 0 Å². The van der Waals surface area contributed by atoms with Crippen LogP contribution in [0.15, 0.2) is 12.1 Å². The lowest BCUT2D eigenvalue weighted by Gasteiger charge is -2.29. The second-order valence-corrected chi connectivity index (χ2v) is 5.90. The highest BCUT2D eigenvalue weighted by atomic mass is 16.5. The molecule has 1 N–H and O–H groups in total. The Morgan fingerprint density at radius 2 is 1.84 bits per heavy atom. The number of aryl methyl sites for hydroxylation is 3. The van der Waals surface area contributed by atoms with E-state index in [2.05, 4.69) is 18.3 Å². The first-order valence-corrected chi connectivity index (χ1v) is 6.55. The van der Waals surface area contributed by atoms with Crippen LogP contribution in [-0.2, 0) is 4.74 Å².